The van der Waals surface area contributed by atoms with E-state index in [1.807, 2.05) is 60.7 Å². The molecule has 2 N–H and O–H groups in total. The predicted octanol–water partition coefficient (Wildman–Crippen LogP) is 7.05. The first-order valence-electron chi connectivity index (χ1n) is 13.6. The van der Waals surface area contributed by atoms with Crippen LogP contribution in [-0.2, 0) is 6.54 Å². The molecule has 6 aromatic rings. The van der Waals surface area contributed by atoms with Gasteiger partial charge in [0.1, 0.15) is 5.58 Å². The van der Waals surface area contributed by atoms with Gasteiger partial charge in [-0.25, -0.2) is 0 Å². The van der Waals surface area contributed by atoms with Crippen molar-refractivity contribution in [1.82, 2.24) is 4.57 Å². The highest BCUT2D eigenvalue weighted by atomic mass is 16.3. The van der Waals surface area contributed by atoms with Crippen LogP contribution in [0, 0.1) is 17.8 Å². The molecular formula is C34H30N2O3. The molecule has 5 heteroatoms. The fraction of sp³-hybridized carbons (Fsp3) is 0.235. The molecule has 2 heterocycles. The van der Waals surface area contributed by atoms with E-state index in [9.17, 15) is 9.59 Å². The van der Waals surface area contributed by atoms with Crippen molar-refractivity contribution < 1.29 is 4.42 Å². The SMILES string of the molecule is CCCCC(CC)Cn1c(=O)c2ccc3c4ccccc4oc4c(C#Cc5ccc(N)cc5)cc(c1=O)c2c43. The van der Waals surface area contributed by atoms with Crippen LogP contribution < -0.4 is 16.9 Å². The van der Waals surface area contributed by atoms with Crippen molar-refractivity contribution in [3.63, 3.8) is 0 Å². The largest absolute Gasteiger partial charge is 0.455 e. The molecule has 0 aliphatic rings. The Kier molecular flexibility index (Phi) is 6.32. The highest BCUT2D eigenvalue weighted by molar-refractivity contribution is 6.27. The number of nitrogens with two attached hydrogens (primary N) is 1. The molecule has 1 unspecified atom stereocenters. The molecule has 1 atom stereocenters. The number of pyridine rings is 1. The Labute approximate surface area is 226 Å². The molecule has 0 amide bonds. The van der Waals surface area contributed by atoms with Gasteiger partial charge in [0, 0.05) is 39.3 Å². The predicted molar refractivity (Wildman–Crippen MR) is 161 cm³/mol. The van der Waals surface area contributed by atoms with Crippen molar-refractivity contribution in [2.75, 3.05) is 5.73 Å². The summed E-state index contributed by atoms with van der Waals surface area (Å²) in [6.45, 7) is 4.70. The lowest BCUT2D eigenvalue weighted by atomic mass is 9.93. The van der Waals surface area contributed by atoms with E-state index >= 15 is 0 Å². The minimum absolute atomic E-state index is 0.237. The van der Waals surface area contributed by atoms with E-state index < -0.39 is 0 Å². The zero-order chi connectivity index (χ0) is 27.1. The molecule has 4 aromatic carbocycles. The minimum atomic E-state index is -0.263. The maximum absolute atomic E-state index is 14.0. The van der Waals surface area contributed by atoms with E-state index in [1.165, 1.54) is 4.57 Å². The molecule has 0 aliphatic heterocycles. The van der Waals surface area contributed by atoms with Gasteiger partial charge in [-0.3, -0.25) is 14.2 Å². The maximum Gasteiger partial charge on any atom is 0.261 e. The number of rotatable bonds is 6. The van der Waals surface area contributed by atoms with E-state index in [4.69, 9.17) is 10.2 Å². The number of nitrogens with zero attached hydrogens (tertiary/aromatic N) is 1. The molecule has 194 valence electrons. The number of fused-ring (bicyclic) bond motifs is 2. The summed E-state index contributed by atoms with van der Waals surface area (Å²) >= 11 is 0. The number of unbranched alkanes of at least 4 members (excludes halogenated alkanes) is 1. The molecule has 0 saturated heterocycles. The van der Waals surface area contributed by atoms with Crippen molar-refractivity contribution in [3.05, 3.63) is 98.6 Å². The summed E-state index contributed by atoms with van der Waals surface area (Å²) in [4.78, 5) is 27.7. The standard InChI is InChI=1S/C34H30N2O3/c1-3-5-8-21(4-2)20-36-33(37)27-18-17-26-25-9-6-7-10-29(25)39-32-23(14-11-22-12-15-24(35)16-13-22)19-28(34(36)38)30(27)31(26)32/h6-7,9-10,12-13,15-19,21H,3-5,8,20,35H2,1-2H3. The van der Waals surface area contributed by atoms with Crippen LogP contribution in [0.5, 0.6) is 0 Å². The average Bonchev–Trinajstić information content (AvgIpc) is 2.96. The average molecular weight is 515 g/mol. The summed E-state index contributed by atoms with van der Waals surface area (Å²) < 4.78 is 7.87. The van der Waals surface area contributed by atoms with E-state index in [0.29, 0.717) is 39.5 Å². The minimum Gasteiger partial charge on any atom is -0.455 e. The van der Waals surface area contributed by atoms with Gasteiger partial charge >= 0.3 is 0 Å². The van der Waals surface area contributed by atoms with Gasteiger partial charge < -0.3 is 10.2 Å². The van der Waals surface area contributed by atoms with Crippen LogP contribution in [0.4, 0.5) is 5.69 Å². The smallest absolute Gasteiger partial charge is 0.261 e. The Morgan fingerprint density at radius 2 is 1.59 bits per heavy atom. The molecule has 2 aromatic heterocycles. The van der Waals surface area contributed by atoms with Crippen molar-refractivity contribution in [2.45, 2.75) is 46.1 Å². The van der Waals surface area contributed by atoms with E-state index in [2.05, 4.69) is 25.7 Å². The van der Waals surface area contributed by atoms with Gasteiger partial charge in [0.05, 0.1) is 10.9 Å². The zero-order valence-electron chi connectivity index (χ0n) is 22.2. The van der Waals surface area contributed by atoms with Gasteiger partial charge in [-0.05, 0) is 60.2 Å². The Bertz CT molecular complexity index is 2020. The topological polar surface area (TPSA) is 78.2 Å². The van der Waals surface area contributed by atoms with Gasteiger partial charge in [-0.2, -0.15) is 0 Å². The maximum atomic E-state index is 14.0. The van der Waals surface area contributed by atoms with Crippen LogP contribution in [0.2, 0.25) is 0 Å². The summed E-state index contributed by atoms with van der Waals surface area (Å²) in [7, 11) is 0. The monoisotopic (exact) mass is 514 g/mol. The number of anilines is 1. The quantitative estimate of drug-likeness (QED) is 0.112. The fourth-order valence-electron chi connectivity index (χ4n) is 5.62. The molecule has 0 fully saturated rings. The first-order chi connectivity index (χ1) is 19.0. The lowest BCUT2D eigenvalue weighted by molar-refractivity contribution is 0.382. The fourth-order valence-corrected chi connectivity index (χ4v) is 5.62. The van der Waals surface area contributed by atoms with Crippen LogP contribution in [0.3, 0.4) is 0 Å². The molecular weight excluding hydrogens is 484 g/mol. The summed E-state index contributed by atoms with van der Waals surface area (Å²) in [6.07, 6.45) is 4.08. The summed E-state index contributed by atoms with van der Waals surface area (Å²) in [5.74, 6) is 6.73. The summed E-state index contributed by atoms with van der Waals surface area (Å²) in [5, 5.41) is 4.33. The molecule has 0 aliphatic carbocycles. The number of aromatic nitrogens is 1. The van der Waals surface area contributed by atoms with Crippen molar-refractivity contribution in [1.29, 1.82) is 0 Å². The Morgan fingerprint density at radius 1 is 0.846 bits per heavy atom. The van der Waals surface area contributed by atoms with Crippen molar-refractivity contribution >= 4 is 49.2 Å². The van der Waals surface area contributed by atoms with Gasteiger partial charge in [0.25, 0.3) is 11.1 Å². The van der Waals surface area contributed by atoms with Gasteiger partial charge in [-0.15, -0.1) is 0 Å². The van der Waals surface area contributed by atoms with Crippen LogP contribution in [0.25, 0.3) is 43.5 Å². The molecule has 0 bridgehead atoms. The van der Waals surface area contributed by atoms with Gasteiger partial charge in [-0.1, -0.05) is 69.2 Å². The van der Waals surface area contributed by atoms with Crippen molar-refractivity contribution in [3.8, 4) is 11.8 Å². The number of benzene rings is 4. The second kappa shape index (κ2) is 9.96. The molecule has 0 saturated carbocycles. The third kappa shape index (κ3) is 4.23. The first kappa shape index (κ1) is 24.8. The number of hydrogen-bond acceptors (Lipinski definition) is 4. The molecule has 39 heavy (non-hydrogen) atoms. The summed E-state index contributed by atoms with van der Waals surface area (Å²) in [6, 6.07) is 20.8. The summed E-state index contributed by atoms with van der Waals surface area (Å²) in [5.41, 5.74) is 8.73. The van der Waals surface area contributed by atoms with Crippen LogP contribution >= 0.6 is 0 Å². The Hall–Kier alpha value is -4.56. The normalized spacial score (nSPS) is 12.4. The molecule has 6 rings (SSSR count). The second-order valence-electron chi connectivity index (χ2n) is 10.3. The third-order valence-electron chi connectivity index (χ3n) is 7.81. The number of hydrogen-bond donors (Lipinski definition) is 1. The number of para-hydroxylation sites is 1. The number of nitrogen functional groups attached to an aromatic ring is 1. The third-order valence-corrected chi connectivity index (χ3v) is 7.81. The molecule has 0 radical (unpaired) electrons. The van der Waals surface area contributed by atoms with Gasteiger partial charge in [0.15, 0.2) is 5.58 Å². The second-order valence-corrected chi connectivity index (χ2v) is 10.3. The van der Waals surface area contributed by atoms with E-state index in [1.54, 1.807) is 6.07 Å². The van der Waals surface area contributed by atoms with Crippen LogP contribution in [0.1, 0.15) is 50.7 Å². The lowest BCUT2D eigenvalue weighted by Crippen LogP contribution is -2.35. The van der Waals surface area contributed by atoms with E-state index in [-0.39, 0.29) is 17.0 Å². The highest BCUT2D eigenvalue weighted by Gasteiger charge is 2.22. The first-order valence-corrected chi connectivity index (χ1v) is 13.6. The van der Waals surface area contributed by atoms with Crippen LogP contribution in [0.15, 0.2) is 80.7 Å². The Morgan fingerprint density at radius 3 is 2.36 bits per heavy atom. The van der Waals surface area contributed by atoms with Gasteiger partial charge in [0.2, 0.25) is 0 Å². The Balaban J connectivity index is 1.68. The molecule has 0 spiro atoms. The zero-order valence-corrected chi connectivity index (χ0v) is 22.2. The van der Waals surface area contributed by atoms with Crippen LogP contribution in [-0.4, -0.2) is 4.57 Å². The van der Waals surface area contributed by atoms with Crippen molar-refractivity contribution in [2.24, 2.45) is 5.92 Å². The highest BCUT2D eigenvalue weighted by Crippen LogP contribution is 2.38. The lowest BCUT2D eigenvalue weighted by Gasteiger charge is -2.18. The van der Waals surface area contributed by atoms with E-state index in [0.717, 1.165) is 53.0 Å². The molecule has 5 nitrogen and oxygen atoms in total.